The molecule has 0 radical (unpaired) electrons. The van der Waals surface area contributed by atoms with Crippen LogP contribution in [-0.4, -0.2) is 76.0 Å². The number of carbonyl (C=O) groups is 3. The lowest BCUT2D eigenvalue weighted by Crippen LogP contribution is -2.66. The Labute approximate surface area is 285 Å². The van der Waals surface area contributed by atoms with Crippen LogP contribution < -0.4 is 5.32 Å². The third-order valence-electron chi connectivity index (χ3n) is 11.7. The highest BCUT2D eigenvalue weighted by Crippen LogP contribution is 2.58. The summed E-state index contributed by atoms with van der Waals surface area (Å²) in [6.07, 6.45) is 16.6. The van der Waals surface area contributed by atoms with Gasteiger partial charge in [0.1, 0.15) is 6.04 Å². The molecule has 0 aromatic heterocycles. The highest BCUT2D eigenvalue weighted by Gasteiger charge is 2.56. The summed E-state index contributed by atoms with van der Waals surface area (Å²) in [5, 5.41) is 12.5. The molecule has 2 N–H and O–H groups in total. The average Bonchev–Trinajstić information content (AvgIpc) is 3.05. The number of carboxylic acid groups (broad SMARTS) is 1. The van der Waals surface area contributed by atoms with Crippen molar-refractivity contribution in [3.8, 4) is 11.1 Å². The number of rotatable bonds is 12. The van der Waals surface area contributed by atoms with Crippen LogP contribution in [0.4, 0.5) is 4.79 Å². The molecule has 2 aromatic rings. The van der Waals surface area contributed by atoms with Gasteiger partial charge in [0.05, 0.1) is 0 Å². The second-order valence-corrected chi connectivity index (χ2v) is 16.1. The molecule has 47 heavy (non-hydrogen) atoms. The maximum Gasteiger partial charge on any atom is 0.326 e. The smallest absolute Gasteiger partial charge is 0.326 e. The van der Waals surface area contributed by atoms with Crippen molar-refractivity contribution in [3.63, 3.8) is 0 Å². The summed E-state index contributed by atoms with van der Waals surface area (Å²) < 4.78 is 0. The van der Waals surface area contributed by atoms with Crippen molar-refractivity contribution in [1.82, 2.24) is 15.1 Å². The van der Waals surface area contributed by atoms with Crippen molar-refractivity contribution >= 4 is 29.7 Å². The van der Waals surface area contributed by atoms with Crippen molar-refractivity contribution in [1.29, 1.82) is 0 Å². The van der Waals surface area contributed by atoms with Crippen LogP contribution in [0.2, 0.25) is 0 Å². The lowest BCUT2D eigenvalue weighted by atomic mass is 9.52. The topological polar surface area (TPSA) is 90.0 Å². The number of aliphatic carboxylic acids is 1. The van der Waals surface area contributed by atoms with Gasteiger partial charge in [0, 0.05) is 30.7 Å². The Bertz CT molecular complexity index is 1420. The van der Waals surface area contributed by atoms with Gasteiger partial charge in [-0.2, -0.15) is 11.8 Å². The summed E-state index contributed by atoms with van der Waals surface area (Å²) in [6.45, 7) is 2.63. The molecule has 8 heteroatoms. The Hall–Kier alpha value is -3.00. The molecule has 7 rings (SSSR count). The molecule has 1 atom stereocenters. The summed E-state index contributed by atoms with van der Waals surface area (Å²) in [7, 11) is 1.98. The minimum Gasteiger partial charge on any atom is -0.480 e. The zero-order chi connectivity index (χ0) is 33.1. The number of benzene rings is 2. The zero-order valence-corrected chi connectivity index (χ0v) is 29.3. The number of amides is 3. The predicted molar refractivity (Wildman–Crippen MR) is 190 cm³/mol. The largest absolute Gasteiger partial charge is 0.480 e. The van der Waals surface area contributed by atoms with E-state index in [1.54, 1.807) is 11.8 Å². The first-order valence-electron chi connectivity index (χ1n) is 17.9. The van der Waals surface area contributed by atoms with E-state index in [1.165, 1.54) is 57.8 Å². The predicted octanol–water partition coefficient (Wildman–Crippen LogP) is 7.80. The summed E-state index contributed by atoms with van der Waals surface area (Å²) >= 11 is 1.56. The fourth-order valence-corrected chi connectivity index (χ4v) is 10.3. The zero-order valence-electron chi connectivity index (χ0n) is 28.5. The number of aryl methyl sites for hydroxylation is 1. The molecular weight excluding hydrogens is 607 g/mol. The molecular formula is C39H53N3O4S. The van der Waals surface area contributed by atoms with Gasteiger partial charge >= 0.3 is 12.0 Å². The first-order valence-corrected chi connectivity index (χ1v) is 19.3. The maximum atomic E-state index is 14.5. The Morgan fingerprint density at radius 2 is 1.62 bits per heavy atom. The van der Waals surface area contributed by atoms with Crippen molar-refractivity contribution in [2.75, 3.05) is 25.6 Å². The van der Waals surface area contributed by atoms with Gasteiger partial charge in [0.2, 0.25) is 0 Å². The number of carbonyl (C=O) groups excluding carboxylic acids is 2. The van der Waals surface area contributed by atoms with Crippen molar-refractivity contribution < 1.29 is 19.5 Å². The van der Waals surface area contributed by atoms with E-state index in [1.807, 2.05) is 61.5 Å². The lowest BCUT2D eigenvalue weighted by molar-refractivity contribution is -0.139. The van der Waals surface area contributed by atoms with Crippen molar-refractivity contribution in [2.24, 2.45) is 17.8 Å². The summed E-state index contributed by atoms with van der Waals surface area (Å²) in [5.74, 6) is 1.61. The molecule has 5 fully saturated rings. The van der Waals surface area contributed by atoms with E-state index in [0.29, 0.717) is 36.7 Å². The minimum atomic E-state index is -1.02. The van der Waals surface area contributed by atoms with Crippen LogP contribution in [0, 0.1) is 24.7 Å². The fourth-order valence-electron chi connectivity index (χ4n) is 9.79. The molecule has 5 aliphatic carbocycles. The number of urea groups is 1. The van der Waals surface area contributed by atoms with Gasteiger partial charge in [-0.05, 0) is 129 Å². The Balaban J connectivity index is 1.22. The van der Waals surface area contributed by atoms with E-state index in [-0.39, 0.29) is 17.5 Å². The molecule has 0 unspecified atom stereocenters. The van der Waals surface area contributed by atoms with Crippen molar-refractivity contribution in [2.45, 2.75) is 108 Å². The van der Waals surface area contributed by atoms with Gasteiger partial charge in [-0.15, -0.1) is 0 Å². The number of thioether (sulfide) groups is 1. The molecule has 7 nitrogen and oxygen atoms in total. The molecule has 0 saturated heterocycles. The van der Waals surface area contributed by atoms with E-state index in [0.717, 1.165) is 52.8 Å². The fraction of sp³-hybridized carbons (Fsp3) is 0.615. The number of carboxylic acids is 1. The van der Waals surface area contributed by atoms with E-state index >= 15 is 0 Å². The van der Waals surface area contributed by atoms with Crippen LogP contribution in [0.5, 0.6) is 0 Å². The second-order valence-electron chi connectivity index (χ2n) is 15.1. The van der Waals surface area contributed by atoms with Gasteiger partial charge in [-0.1, -0.05) is 55.7 Å². The molecule has 254 valence electrons. The van der Waals surface area contributed by atoms with Gasteiger partial charge in [0.25, 0.3) is 5.91 Å². The van der Waals surface area contributed by atoms with Crippen molar-refractivity contribution in [3.05, 3.63) is 59.2 Å². The third-order valence-corrected chi connectivity index (χ3v) is 12.3. The first kappa shape index (κ1) is 33.9. The molecule has 5 aliphatic rings. The molecule has 5 saturated carbocycles. The van der Waals surface area contributed by atoms with Crippen LogP contribution in [0.15, 0.2) is 42.5 Å². The Morgan fingerprint density at radius 1 is 0.957 bits per heavy atom. The van der Waals surface area contributed by atoms with Crippen LogP contribution >= 0.6 is 11.8 Å². The molecule has 4 bridgehead atoms. The summed E-state index contributed by atoms with van der Waals surface area (Å²) in [6, 6.07) is 13.4. The van der Waals surface area contributed by atoms with E-state index in [4.69, 9.17) is 0 Å². The molecule has 0 heterocycles. The number of nitrogens with zero attached hydrogens (tertiary/aromatic N) is 2. The molecule has 2 aromatic carbocycles. The normalized spacial score (nSPS) is 25.7. The van der Waals surface area contributed by atoms with Gasteiger partial charge < -0.3 is 20.2 Å². The quantitative estimate of drug-likeness (QED) is 0.243. The standard InChI is InChI=1S/C39H53N3O4S/c1-26-9-7-8-12-32(26)34-22-27(13-14-33(34)36(43)40-35(37(44)45)16-18-47-3)15-17-41(2)38(46)42(31-10-5-4-6-11-31)39-23-28-19-29(24-39)21-30(20-28)25-39/h7-9,12-14,22,28-31,35H,4-6,10-11,15-21,23-25H2,1-3H3,(H,40,43)(H,44,45)/t28?,29?,30?,35-,39?/m0/s1. The highest BCUT2D eigenvalue weighted by molar-refractivity contribution is 7.98. The minimum absolute atomic E-state index is 0.0404. The average molecular weight is 660 g/mol. The van der Waals surface area contributed by atoms with Gasteiger partial charge in [-0.3, -0.25) is 4.79 Å². The van der Waals surface area contributed by atoms with Crippen LogP contribution in [0.1, 0.15) is 98.5 Å². The Morgan fingerprint density at radius 3 is 2.23 bits per heavy atom. The van der Waals surface area contributed by atoms with E-state index < -0.39 is 12.0 Å². The monoisotopic (exact) mass is 659 g/mol. The van der Waals surface area contributed by atoms with Crippen LogP contribution in [0.3, 0.4) is 0 Å². The van der Waals surface area contributed by atoms with E-state index in [2.05, 4.69) is 16.3 Å². The number of hydrogen-bond acceptors (Lipinski definition) is 4. The summed E-state index contributed by atoms with van der Waals surface area (Å²) in [5.41, 5.74) is 4.34. The molecule has 0 spiro atoms. The molecule has 0 aliphatic heterocycles. The highest BCUT2D eigenvalue weighted by atomic mass is 32.2. The van der Waals surface area contributed by atoms with Crippen LogP contribution in [-0.2, 0) is 11.2 Å². The number of hydrogen-bond donors (Lipinski definition) is 2. The Kier molecular flexibility index (Phi) is 10.5. The SMILES string of the molecule is CSCC[C@H](NC(=O)c1ccc(CCN(C)C(=O)N(C2CCCCC2)C23CC4CC(CC(C4)C2)C3)cc1-c1ccccc1C)C(=O)O. The van der Waals surface area contributed by atoms with Gasteiger partial charge in [0.15, 0.2) is 0 Å². The maximum absolute atomic E-state index is 14.5. The third kappa shape index (κ3) is 7.38. The first-order chi connectivity index (χ1) is 22.7. The number of likely N-dealkylation sites (N-methyl/N-ethyl adjacent to an activating group) is 1. The van der Waals surface area contributed by atoms with Gasteiger partial charge in [-0.25, -0.2) is 9.59 Å². The van der Waals surface area contributed by atoms with E-state index in [9.17, 15) is 19.5 Å². The lowest BCUT2D eigenvalue weighted by Gasteiger charge is -2.62. The summed E-state index contributed by atoms with van der Waals surface area (Å²) in [4.78, 5) is 44.4. The molecule has 3 amide bonds. The second kappa shape index (κ2) is 14.6. The van der Waals surface area contributed by atoms with Crippen LogP contribution in [0.25, 0.3) is 11.1 Å². The number of nitrogens with one attached hydrogen (secondary N) is 1.